The minimum absolute atomic E-state index is 0.0975. The Morgan fingerprint density at radius 2 is 1.95 bits per heavy atom. The van der Waals surface area contributed by atoms with Crippen LogP contribution in [0.3, 0.4) is 0 Å². The number of nitrogens with one attached hydrogen (secondary N) is 1. The van der Waals surface area contributed by atoms with Crippen molar-refractivity contribution in [3.63, 3.8) is 0 Å². The summed E-state index contributed by atoms with van der Waals surface area (Å²) in [6.07, 6.45) is 0.736. The molecule has 0 spiro atoms. The van der Waals surface area contributed by atoms with Gasteiger partial charge in [0.1, 0.15) is 0 Å². The van der Waals surface area contributed by atoms with Gasteiger partial charge in [-0.15, -0.1) is 0 Å². The highest BCUT2D eigenvalue weighted by molar-refractivity contribution is 7.89. The normalized spacial score (nSPS) is 13.8. The summed E-state index contributed by atoms with van der Waals surface area (Å²) in [6, 6.07) is 3.08. The van der Waals surface area contributed by atoms with E-state index in [4.69, 9.17) is 17.3 Å². The van der Waals surface area contributed by atoms with Crippen molar-refractivity contribution >= 4 is 21.6 Å². The van der Waals surface area contributed by atoms with Crippen molar-refractivity contribution in [2.24, 2.45) is 11.7 Å². The highest BCUT2D eigenvalue weighted by atomic mass is 35.5. The van der Waals surface area contributed by atoms with E-state index in [0.29, 0.717) is 10.6 Å². The average molecular weight is 319 g/mol. The van der Waals surface area contributed by atoms with Crippen molar-refractivity contribution in [1.29, 1.82) is 0 Å². The molecule has 1 unspecified atom stereocenters. The van der Waals surface area contributed by atoms with Gasteiger partial charge in [-0.1, -0.05) is 32.4 Å². The second-order valence-electron chi connectivity index (χ2n) is 5.27. The molecule has 0 aliphatic carbocycles. The van der Waals surface area contributed by atoms with E-state index < -0.39 is 10.0 Å². The molecule has 6 heteroatoms. The maximum atomic E-state index is 12.5. The predicted octanol–water partition coefficient (Wildman–Crippen LogP) is 2.82. The van der Waals surface area contributed by atoms with Crippen LogP contribution < -0.4 is 10.5 Å². The highest BCUT2D eigenvalue weighted by Gasteiger charge is 2.24. The topological polar surface area (TPSA) is 72.2 Å². The lowest BCUT2D eigenvalue weighted by Crippen LogP contribution is -2.38. The highest BCUT2D eigenvalue weighted by Crippen LogP contribution is 2.25. The molecule has 0 aliphatic rings. The first-order valence-electron chi connectivity index (χ1n) is 6.74. The molecule has 114 valence electrons. The second-order valence-corrected chi connectivity index (χ2v) is 7.39. The minimum atomic E-state index is -3.59. The molecule has 0 aromatic heterocycles. The molecule has 0 radical (unpaired) electrons. The van der Waals surface area contributed by atoms with E-state index in [1.54, 1.807) is 13.0 Å². The Bertz CT molecular complexity index is 571. The summed E-state index contributed by atoms with van der Waals surface area (Å²) in [6.45, 7) is 7.96. The van der Waals surface area contributed by atoms with E-state index in [1.165, 1.54) is 6.07 Å². The predicted molar refractivity (Wildman–Crippen MR) is 83.3 cm³/mol. The summed E-state index contributed by atoms with van der Waals surface area (Å²) in [5, 5.41) is 0.383. The monoisotopic (exact) mass is 318 g/mol. The van der Waals surface area contributed by atoms with Crippen molar-refractivity contribution in [2.75, 3.05) is 0 Å². The first kappa shape index (κ1) is 17.4. The summed E-state index contributed by atoms with van der Waals surface area (Å²) in [4.78, 5) is 0.213. The Morgan fingerprint density at radius 3 is 2.40 bits per heavy atom. The summed E-state index contributed by atoms with van der Waals surface area (Å²) < 4.78 is 27.8. The van der Waals surface area contributed by atoms with Gasteiger partial charge in [0, 0.05) is 17.6 Å². The lowest BCUT2D eigenvalue weighted by atomic mass is 10.0. The molecule has 3 N–H and O–H groups in total. The standard InChI is InChI=1S/C14H23ClN2O2S/c1-5-13(9(2)3)17-20(18,19)14-7-12(15)6-11(8-16)10(14)4/h6-7,9,13,17H,5,8,16H2,1-4H3. The fourth-order valence-electron chi connectivity index (χ4n) is 2.15. The number of benzene rings is 1. The first-order chi connectivity index (χ1) is 9.22. The third-order valence-corrected chi connectivity index (χ3v) is 5.33. The first-order valence-corrected chi connectivity index (χ1v) is 8.60. The molecular formula is C14H23ClN2O2S. The van der Waals surface area contributed by atoms with E-state index in [1.807, 2.05) is 20.8 Å². The van der Waals surface area contributed by atoms with Crippen molar-refractivity contribution < 1.29 is 8.42 Å². The van der Waals surface area contributed by atoms with Crippen LogP contribution in [0.2, 0.25) is 5.02 Å². The van der Waals surface area contributed by atoms with E-state index in [0.717, 1.165) is 12.0 Å². The summed E-state index contributed by atoms with van der Waals surface area (Å²) in [5.74, 6) is 0.225. The van der Waals surface area contributed by atoms with Crippen LogP contribution >= 0.6 is 11.6 Å². The van der Waals surface area contributed by atoms with Gasteiger partial charge in [-0.3, -0.25) is 0 Å². The Kier molecular flexibility index (Phi) is 6.01. The van der Waals surface area contributed by atoms with Crippen LogP contribution in [0.4, 0.5) is 0 Å². The molecule has 1 aromatic carbocycles. The van der Waals surface area contributed by atoms with Crippen LogP contribution in [-0.2, 0) is 16.6 Å². The largest absolute Gasteiger partial charge is 0.326 e. The number of hydrogen-bond donors (Lipinski definition) is 2. The number of nitrogens with two attached hydrogens (primary N) is 1. The van der Waals surface area contributed by atoms with Crippen LogP contribution in [0.25, 0.3) is 0 Å². The second kappa shape index (κ2) is 6.89. The zero-order valence-corrected chi connectivity index (χ0v) is 14.0. The molecule has 0 fully saturated rings. The van der Waals surface area contributed by atoms with Crippen LogP contribution in [0.15, 0.2) is 17.0 Å². The molecule has 20 heavy (non-hydrogen) atoms. The SMILES string of the molecule is CCC(NS(=O)(=O)c1cc(Cl)cc(CN)c1C)C(C)C. The van der Waals surface area contributed by atoms with Gasteiger partial charge in [-0.05, 0) is 42.5 Å². The molecule has 4 nitrogen and oxygen atoms in total. The lowest BCUT2D eigenvalue weighted by Gasteiger charge is -2.22. The van der Waals surface area contributed by atoms with Gasteiger partial charge in [-0.2, -0.15) is 0 Å². The van der Waals surface area contributed by atoms with Crippen molar-refractivity contribution in [3.8, 4) is 0 Å². The maximum Gasteiger partial charge on any atom is 0.241 e. The Morgan fingerprint density at radius 1 is 1.35 bits per heavy atom. The molecular weight excluding hydrogens is 296 g/mol. The summed E-state index contributed by atoms with van der Waals surface area (Å²) in [5.41, 5.74) is 7.03. The molecule has 0 amide bonds. The van der Waals surface area contributed by atoms with Gasteiger partial charge in [0.15, 0.2) is 0 Å². The number of rotatable bonds is 6. The van der Waals surface area contributed by atoms with E-state index in [9.17, 15) is 8.42 Å². The van der Waals surface area contributed by atoms with E-state index >= 15 is 0 Å². The van der Waals surface area contributed by atoms with Gasteiger partial charge in [0.2, 0.25) is 10.0 Å². The molecule has 0 heterocycles. The average Bonchev–Trinajstić information content (AvgIpc) is 2.37. The van der Waals surface area contributed by atoms with Crippen LogP contribution in [0.1, 0.15) is 38.3 Å². The molecule has 0 saturated heterocycles. The molecule has 1 atom stereocenters. The maximum absolute atomic E-state index is 12.5. The third-order valence-electron chi connectivity index (χ3n) is 3.49. The molecule has 1 aromatic rings. The van der Waals surface area contributed by atoms with E-state index in [-0.39, 0.29) is 23.4 Å². The Labute approximate surface area is 126 Å². The van der Waals surface area contributed by atoms with Gasteiger partial charge in [0.05, 0.1) is 4.90 Å². The van der Waals surface area contributed by atoms with Gasteiger partial charge in [0.25, 0.3) is 0 Å². The van der Waals surface area contributed by atoms with Crippen LogP contribution in [-0.4, -0.2) is 14.5 Å². The van der Waals surface area contributed by atoms with Crippen LogP contribution in [0, 0.1) is 12.8 Å². The fourth-order valence-corrected chi connectivity index (χ4v) is 4.24. The summed E-state index contributed by atoms with van der Waals surface area (Å²) >= 11 is 5.99. The molecule has 0 saturated carbocycles. The zero-order valence-electron chi connectivity index (χ0n) is 12.4. The van der Waals surface area contributed by atoms with Gasteiger partial charge >= 0.3 is 0 Å². The Hall–Kier alpha value is -0.620. The molecule has 0 aliphatic heterocycles. The molecule has 1 rings (SSSR count). The van der Waals surface area contributed by atoms with Crippen molar-refractivity contribution in [3.05, 3.63) is 28.3 Å². The van der Waals surface area contributed by atoms with Crippen molar-refractivity contribution in [2.45, 2.75) is 51.6 Å². The Balaban J connectivity index is 3.25. The number of sulfonamides is 1. The molecule has 0 bridgehead atoms. The number of halogens is 1. The third kappa shape index (κ3) is 3.95. The van der Waals surface area contributed by atoms with Crippen molar-refractivity contribution in [1.82, 2.24) is 4.72 Å². The fraction of sp³-hybridized carbons (Fsp3) is 0.571. The van der Waals surface area contributed by atoms with E-state index in [2.05, 4.69) is 4.72 Å². The minimum Gasteiger partial charge on any atom is -0.326 e. The lowest BCUT2D eigenvalue weighted by molar-refractivity contribution is 0.437. The quantitative estimate of drug-likeness (QED) is 0.847. The smallest absolute Gasteiger partial charge is 0.241 e. The van der Waals surface area contributed by atoms with Gasteiger partial charge in [-0.25, -0.2) is 13.1 Å². The van der Waals surface area contributed by atoms with Crippen LogP contribution in [0.5, 0.6) is 0 Å². The summed E-state index contributed by atoms with van der Waals surface area (Å²) in [7, 11) is -3.59. The zero-order chi connectivity index (χ0) is 15.5. The number of hydrogen-bond acceptors (Lipinski definition) is 3. The van der Waals surface area contributed by atoms with Gasteiger partial charge < -0.3 is 5.73 Å².